The van der Waals surface area contributed by atoms with Crippen molar-refractivity contribution in [2.24, 2.45) is 4.99 Å². The van der Waals surface area contributed by atoms with Gasteiger partial charge in [-0.25, -0.2) is 0 Å². The number of carboxylic acid groups (broad SMARTS) is 1. The average Bonchev–Trinajstić information content (AvgIpc) is 3.14. The fraction of sp³-hybridized carbons (Fsp3) is 0.250. The summed E-state index contributed by atoms with van der Waals surface area (Å²) in [6, 6.07) is 21.7. The predicted octanol–water partition coefficient (Wildman–Crippen LogP) is 5.53. The van der Waals surface area contributed by atoms with Gasteiger partial charge < -0.3 is 10.4 Å². The summed E-state index contributed by atoms with van der Waals surface area (Å²) in [5, 5.41) is 12.1. The van der Waals surface area contributed by atoms with Gasteiger partial charge in [0, 0.05) is 23.1 Å². The Morgan fingerprint density at radius 1 is 1.06 bits per heavy atom. The van der Waals surface area contributed by atoms with Crippen LogP contribution in [0.2, 0.25) is 0 Å². The molecule has 3 aromatic rings. The van der Waals surface area contributed by atoms with Crippen molar-refractivity contribution < 1.29 is 14.7 Å². The second-order valence-corrected chi connectivity index (χ2v) is 9.96. The van der Waals surface area contributed by atoms with Crippen LogP contribution in [0, 0.1) is 0 Å². The second-order valence-electron chi connectivity index (χ2n) is 9.04. The number of amides is 1. The molecule has 0 bridgehead atoms. The summed E-state index contributed by atoms with van der Waals surface area (Å²) in [6.45, 7) is 3.24. The molecule has 178 valence electrons. The number of nitrogens with zero attached hydrogens (tertiary/aromatic N) is 2. The summed E-state index contributed by atoms with van der Waals surface area (Å²) in [5.41, 5.74) is 6.04. The lowest BCUT2D eigenvalue weighted by atomic mass is 9.89. The summed E-state index contributed by atoms with van der Waals surface area (Å²) in [4.78, 5) is 31.6. The number of aliphatic imine (C=N–C) groups is 1. The van der Waals surface area contributed by atoms with Crippen molar-refractivity contribution in [3.8, 4) is 0 Å². The van der Waals surface area contributed by atoms with Crippen molar-refractivity contribution in [2.75, 3.05) is 18.4 Å². The monoisotopic (exact) mass is 531 g/mol. The highest BCUT2D eigenvalue weighted by Gasteiger charge is 2.35. The minimum atomic E-state index is -0.836. The van der Waals surface area contributed by atoms with Gasteiger partial charge in [0.25, 0.3) is 0 Å². The Balaban J connectivity index is 1.53. The SMILES string of the molecule is O=C(O)CCc1cccc(C(=Nc2ccc(CN3CCC3)cc2)C2C(=O)Nc3cc(Br)ccc32)c1. The first kappa shape index (κ1) is 23.5. The number of halogens is 1. The van der Waals surface area contributed by atoms with Gasteiger partial charge in [-0.3, -0.25) is 19.5 Å². The van der Waals surface area contributed by atoms with Crippen molar-refractivity contribution in [3.63, 3.8) is 0 Å². The van der Waals surface area contributed by atoms with Crippen molar-refractivity contribution in [1.29, 1.82) is 0 Å². The van der Waals surface area contributed by atoms with Crippen LogP contribution in [-0.2, 0) is 22.6 Å². The Morgan fingerprint density at radius 3 is 2.57 bits per heavy atom. The second kappa shape index (κ2) is 10.1. The number of carbonyl (C=O) groups excluding carboxylic acids is 1. The fourth-order valence-corrected chi connectivity index (χ4v) is 4.91. The zero-order valence-corrected chi connectivity index (χ0v) is 20.8. The van der Waals surface area contributed by atoms with Crippen LogP contribution >= 0.6 is 15.9 Å². The number of carboxylic acids is 1. The van der Waals surface area contributed by atoms with Crippen LogP contribution in [0.15, 0.2) is 76.2 Å². The number of aliphatic carboxylic acids is 1. The molecule has 0 aromatic heterocycles. The van der Waals surface area contributed by atoms with Gasteiger partial charge in [0.2, 0.25) is 5.91 Å². The quantitative estimate of drug-likeness (QED) is 0.374. The van der Waals surface area contributed by atoms with E-state index in [0.717, 1.165) is 52.2 Å². The smallest absolute Gasteiger partial charge is 0.303 e. The maximum Gasteiger partial charge on any atom is 0.303 e. The van der Waals surface area contributed by atoms with E-state index in [1.807, 2.05) is 54.6 Å². The Labute approximate surface area is 212 Å². The lowest BCUT2D eigenvalue weighted by molar-refractivity contribution is -0.137. The van der Waals surface area contributed by atoms with Gasteiger partial charge in [-0.05, 0) is 78.5 Å². The third-order valence-corrected chi connectivity index (χ3v) is 7.00. The number of anilines is 1. The molecule has 2 aliphatic rings. The molecule has 1 unspecified atom stereocenters. The molecule has 2 N–H and O–H groups in total. The predicted molar refractivity (Wildman–Crippen MR) is 140 cm³/mol. The first-order valence-electron chi connectivity index (χ1n) is 11.8. The normalized spacial score (nSPS) is 17.6. The molecule has 3 aromatic carbocycles. The highest BCUT2D eigenvalue weighted by molar-refractivity contribution is 9.10. The van der Waals surface area contributed by atoms with Gasteiger partial charge >= 0.3 is 5.97 Å². The first-order valence-corrected chi connectivity index (χ1v) is 12.6. The molecule has 0 radical (unpaired) electrons. The Bertz CT molecular complexity index is 1300. The molecule has 5 rings (SSSR count). The molecule has 1 saturated heterocycles. The van der Waals surface area contributed by atoms with Gasteiger partial charge in [-0.15, -0.1) is 0 Å². The number of nitrogens with one attached hydrogen (secondary N) is 1. The minimum Gasteiger partial charge on any atom is -0.481 e. The minimum absolute atomic E-state index is 0.0508. The maximum atomic E-state index is 13.2. The van der Waals surface area contributed by atoms with Gasteiger partial charge in [0.05, 0.1) is 11.4 Å². The summed E-state index contributed by atoms with van der Waals surface area (Å²) < 4.78 is 0.893. The first-order chi connectivity index (χ1) is 17.0. The number of fused-ring (bicyclic) bond motifs is 1. The number of rotatable bonds is 8. The van der Waals surface area contributed by atoms with Crippen molar-refractivity contribution >= 4 is 44.9 Å². The van der Waals surface area contributed by atoms with Crippen molar-refractivity contribution in [2.45, 2.75) is 31.7 Å². The largest absolute Gasteiger partial charge is 0.481 e. The molecule has 1 fully saturated rings. The molecule has 35 heavy (non-hydrogen) atoms. The van der Waals surface area contributed by atoms with E-state index in [0.29, 0.717) is 12.1 Å². The highest BCUT2D eigenvalue weighted by Crippen LogP contribution is 2.38. The average molecular weight is 532 g/mol. The topological polar surface area (TPSA) is 82.0 Å². The molecular weight excluding hydrogens is 506 g/mol. The standard InChI is InChI=1S/C28H26BrN3O3/c29-21-8-11-23-24(16-21)31-28(35)26(23)27(20-4-1-3-18(15-20)7-12-25(33)34)30-22-9-5-19(6-10-22)17-32-13-2-14-32/h1,3-6,8-11,15-16,26H,2,7,12-14,17H2,(H,31,35)(H,33,34). The third kappa shape index (κ3) is 5.36. The molecule has 6 nitrogen and oxygen atoms in total. The molecule has 2 aliphatic heterocycles. The summed E-state index contributed by atoms with van der Waals surface area (Å²) in [5.74, 6) is -1.52. The Kier molecular flexibility index (Phi) is 6.79. The summed E-state index contributed by atoms with van der Waals surface area (Å²) in [6.07, 6.45) is 1.73. The maximum absolute atomic E-state index is 13.2. The number of hydrogen-bond donors (Lipinski definition) is 2. The van der Waals surface area contributed by atoms with E-state index in [9.17, 15) is 9.59 Å². The van der Waals surface area contributed by atoms with E-state index < -0.39 is 11.9 Å². The van der Waals surface area contributed by atoms with Crippen molar-refractivity contribution in [3.05, 3.63) is 93.5 Å². The molecule has 0 saturated carbocycles. The van der Waals surface area contributed by atoms with Crippen LogP contribution in [0.4, 0.5) is 11.4 Å². The van der Waals surface area contributed by atoms with Gasteiger partial charge in [-0.2, -0.15) is 0 Å². The van der Waals surface area contributed by atoms with Crippen LogP contribution in [0.3, 0.4) is 0 Å². The number of carbonyl (C=O) groups is 2. The Hall–Kier alpha value is -3.29. The van der Waals surface area contributed by atoms with E-state index in [-0.39, 0.29) is 12.3 Å². The number of aryl methyl sites for hydroxylation is 1. The fourth-order valence-electron chi connectivity index (χ4n) is 4.55. The molecule has 2 heterocycles. The van der Waals surface area contributed by atoms with Crippen LogP contribution < -0.4 is 5.32 Å². The van der Waals surface area contributed by atoms with E-state index in [2.05, 4.69) is 38.3 Å². The third-order valence-electron chi connectivity index (χ3n) is 6.51. The molecular formula is C28H26BrN3O3. The number of benzene rings is 3. The number of hydrogen-bond acceptors (Lipinski definition) is 4. The van der Waals surface area contributed by atoms with Crippen LogP contribution in [0.5, 0.6) is 0 Å². The van der Waals surface area contributed by atoms with Crippen LogP contribution in [-0.4, -0.2) is 40.7 Å². The zero-order chi connectivity index (χ0) is 24.4. The number of likely N-dealkylation sites (tertiary alicyclic amines) is 1. The lowest BCUT2D eigenvalue weighted by Crippen LogP contribution is -2.36. The molecule has 0 spiro atoms. The highest BCUT2D eigenvalue weighted by atomic mass is 79.9. The lowest BCUT2D eigenvalue weighted by Gasteiger charge is -2.30. The van der Waals surface area contributed by atoms with E-state index >= 15 is 0 Å². The van der Waals surface area contributed by atoms with Crippen LogP contribution in [0.25, 0.3) is 0 Å². The summed E-state index contributed by atoms with van der Waals surface area (Å²) >= 11 is 3.48. The summed E-state index contributed by atoms with van der Waals surface area (Å²) in [7, 11) is 0. The van der Waals surface area contributed by atoms with Gasteiger partial charge in [0.15, 0.2) is 0 Å². The molecule has 0 aliphatic carbocycles. The van der Waals surface area contributed by atoms with E-state index in [1.54, 1.807) is 0 Å². The molecule has 1 atom stereocenters. The van der Waals surface area contributed by atoms with E-state index in [4.69, 9.17) is 10.1 Å². The van der Waals surface area contributed by atoms with Crippen molar-refractivity contribution in [1.82, 2.24) is 4.90 Å². The van der Waals surface area contributed by atoms with Gasteiger partial charge in [-0.1, -0.05) is 52.3 Å². The molecule has 1 amide bonds. The van der Waals surface area contributed by atoms with E-state index in [1.165, 1.54) is 12.0 Å². The molecule has 7 heteroatoms. The van der Waals surface area contributed by atoms with Gasteiger partial charge in [0.1, 0.15) is 5.92 Å². The Morgan fingerprint density at radius 2 is 1.86 bits per heavy atom. The zero-order valence-electron chi connectivity index (χ0n) is 19.2. The van der Waals surface area contributed by atoms with Crippen LogP contribution in [0.1, 0.15) is 41.0 Å².